The fourth-order valence-corrected chi connectivity index (χ4v) is 5.87. The van der Waals surface area contributed by atoms with Gasteiger partial charge in [0.05, 0.1) is 36.0 Å². The normalized spacial score (nSPS) is 19.3. The van der Waals surface area contributed by atoms with E-state index >= 15 is 0 Å². The smallest absolute Gasteiger partial charge is 0.281 e. The molecule has 0 aliphatic rings. The zero-order valence-electron chi connectivity index (χ0n) is 10.3. The summed E-state index contributed by atoms with van der Waals surface area (Å²) >= 11 is 26.8. The lowest BCUT2D eigenvalue weighted by Crippen LogP contribution is -2.25. The van der Waals surface area contributed by atoms with E-state index in [1.807, 2.05) is 0 Å². The van der Waals surface area contributed by atoms with Crippen molar-refractivity contribution in [3.63, 3.8) is 0 Å². The molecule has 4 nitrogen and oxygen atoms in total. The lowest BCUT2D eigenvalue weighted by atomic mass is 10.5. The molecule has 0 saturated heterocycles. The minimum atomic E-state index is -3.83. The summed E-state index contributed by atoms with van der Waals surface area (Å²) in [5, 5.41) is 1.19. The Kier molecular flexibility index (Phi) is 14.3. The summed E-state index contributed by atoms with van der Waals surface area (Å²) in [5.74, 6) is 0.422. The molecule has 20 heavy (non-hydrogen) atoms. The van der Waals surface area contributed by atoms with Crippen LogP contribution in [0.4, 0.5) is 0 Å². The van der Waals surface area contributed by atoms with Gasteiger partial charge in [-0.2, -0.15) is 0 Å². The molecule has 0 fully saturated rings. The van der Waals surface area contributed by atoms with Gasteiger partial charge in [-0.05, 0) is 0 Å². The average molecular weight is 564 g/mol. The fourth-order valence-electron chi connectivity index (χ4n) is 0.915. The Hall–Kier alpha value is 2.42. The highest BCUT2D eigenvalue weighted by atomic mass is 79.9. The molecule has 0 amide bonds. The molecule has 0 saturated carbocycles. The van der Waals surface area contributed by atoms with Gasteiger partial charge < -0.3 is 0 Å². The van der Waals surface area contributed by atoms with Crippen LogP contribution in [0.3, 0.4) is 0 Å². The molecule has 3 unspecified atom stereocenters. The molecule has 0 bridgehead atoms. The van der Waals surface area contributed by atoms with Crippen molar-refractivity contribution in [2.45, 2.75) is 18.3 Å². The molecule has 0 rings (SSSR count). The number of phosphoric acid groups is 1. The van der Waals surface area contributed by atoms with Gasteiger partial charge in [-0.1, -0.05) is 47.8 Å². The molecular formula is C9H15Br3Cl3O4P. The number of rotatable bonds is 12. The molecule has 3 atom stereocenters. The van der Waals surface area contributed by atoms with E-state index in [1.54, 1.807) is 0 Å². The molecule has 122 valence electrons. The van der Waals surface area contributed by atoms with Crippen LogP contribution in [0.15, 0.2) is 0 Å². The number of hydrogen-bond donors (Lipinski definition) is 0. The summed E-state index contributed by atoms with van der Waals surface area (Å²) in [6, 6.07) is 0. The number of phosphoric ester groups is 1. The van der Waals surface area contributed by atoms with Crippen LogP contribution in [0.1, 0.15) is 0 Å². The largest absolute Gasteiger partial charge is 0.475 e. The van der Waals surface area contributed by atoms with Crippen molar-refractivity contribution in [2.75, 3.05) is 33.6 Å². The van der Waals surface area contributed by atoms with Crippen LogP contribution in [0.25, 0.3) is 0 Å². The first-order chi connectivity index (χ1) is 9.48. The van der Waals surface area contributed by atoms with Crippen LogP contribution in [0.2, 0.25) is 0 Å². The van der Waals surface area contributed by atoms with Crippen LogP contribution in [0, 0.1) is 0 Å². The Labute approximate surface area is 159 Å². The van der Waals surface area contributed by atoms with E-state index in [2.05, 4.69) is 47.8 Å². The second-order valence-electron chi connectivity index (χ2n) is 3.56. The third kappa shape index (κ3) is 8.90. The first-order valence-electron chi connectivity index (χ1n) is 5.49. The van der Waals surface area contributed by atoms with Crippen molar-refractivity contribution in [3.8, 4) is 0 Å². The summed E-state index contributed by atoms with van der Waals surface area (Å²) in [7, 11) is -3.83. The highest BCUT2D eigenvalue weighted by Gasteiger charge is 2.35. The molecule has 0 aromatic heterocycles. The van der Waals surface area contributed by atoms with Gasteiger partial charge in [0, 0.05) is 16.0 Å². The molecule has 11 heteroatoms. The van der Waals surface area contributed by atoms with E-state index in [4.69, 9.17) is 48.4 Å². The predicted octanol–water partition coefficient (Wildman–Crippen LogP) is 5.15. The van der Waals surface area contributed by atoms with Crippen LogP contribution in [0.5, 0.6) is 0 Å². The second kappa shape index (κ2) is 12.8. The van der Waals surface area contributed by atoms with Crippen molar-refractivity contribution in [3.05, 3.63) is 0 Å². The first kappa shape index (κ1) is 22.4. The highest BCUT2D eigenvalue weighted by molar-refractivity contribution is 9.09. The molecule has 0 radical (unpaired) electrons. The maximum Gasteiger partial charge on any atom is 0.475 e. The van der Waals surface area contributed by atoms with E-state index in [0.29, 0.717) is 16.0 Å². The molecule has 0 aliphatic carbocycles. The summed E-state index contributed by atoms with van der Waals surface area (Å²) in [6.45, 7) is 0. The van der Waals surface area contributed by atoms with E-state index in [-0.39, 0.29) is 17.6 Å². The maximum absolute atomic E-state index is 12.7. The predicted molar refractivity (Wildman–Crippen MR) is 95.8 cm³/mol. The van der Waals surface area contributed by atoms with Gasteiger partial charge in [-0.25, -0.2) is 4.57 Å². The van der Waals surface area contributed by atoms with Crippen LogP contribution in [-0.4, -0.2) is 51.9 Å². The van der Waals surface area contributed by atoms with E-state index in [9.17, 15) is 4.57 Å². The lowest BCUT2D eigenvalue weighted by Gasteiger charge is -2.27. The molecule has 0 aromatic carbocycles. The molecule has 0 heterocycles. The van der Waals surface area contributed by atoms with Gasteiger partial charge in [0.2, 0.25) is 0 Å². The average Bonchev–Trinajstić information content (AvgIpc) is 2.48. The Bertz CT molecular complexity index is 249. The number of halogens is 6. The first-order valence-corrected chi connectivity index (χ1v) is 11.9. The topological polar surface area (TPSA) is 44.8 Å². The van der Waals surface area contributed by atoms with Crippen molar-refractivity contribution >= 4 is 90.4 Å². The third-order valence-corrected chi connectivity index (χ3v) is 6.74. The van der Waals surface area contributed by atoms with Crippen LogP contribution in [-0.2, 0) is 18.1 Å². The molecule has 0 aromatic rings. The lowest BCUT2D eigenvalue weighted by molar-refractivity contribution is 0.0622. The van der Waals surface area contributed by atoms with Gasteiger partial charge in [-0.15, -0.1) is 34.8 Å². The quantitative estimate of drug-likeness (QED) is 0.243. The standard InChI is InChI=1S/C9H15Br3Cl3O4P/c10-1-7(4-13)17-20(16,18-8(2-11)5-14)19-9(3-12)6-15/h7-9H,1-6H2. The van der Waals surface area contributed by atoms with Gasteiger partial charge in [-0.3, -0.25) is 13.6 Å². The third-order valence-electron chi connectivity index (χ3n) is 1.87. The summed E-state index contributed by atoms with van der Waals surface area (Å²) in [4.78, 5) is 0. The van der Waals surface area contributed by atoms with Gasteiger partial charge in [0.15, 0.2) is 0 Å². The number of hydrogen-bond acceptors (Lipinski definition) is 4. The molecule has 0 spiro atoms. The van der Waals surface area contributed by atoms with Crippen LogP contribution < -0.4 is 0 Å². The van der Waals surface area contributed by atoms with E-state index in [0.717, 1.165) is 0 Å². The molecule has 0 N–H and O–H groups in total. The summed E-state index contributed by atoms with van der Waals surface area (Å²) in [6.07, 6.45) is -1.54. The summed E-state index contributed by atoms with van der Waals surface area (Å²) in [5.41, 5.74) is 0. The van der Waals surface area contributed by atoms with Gasteiger partial charge in [0.1, 0.15) is 0 Å². The van der Waals surface area contributed by atoms with E-state index < -0.39 is 26.1 Å². The Morgan fingerprint density at radius 2 is 1.00 bits per heavy atom. The van der Waals surface area contributed by atoms with Crippen molar-refractivity contribution in [1.29, 1.82) is 0 Å². The highest BCUT2D eigenvalue weighted by Crippen LogP contribution is 2.53. The summed E-state index contributed by atoms with van der Waals surface area (Å²) < 4.78 is 28.8. The van der Waals surface area contributed by atoms with Crippen LogP contribution >= 0.6 is 90.4 Å². The van der Waals surface area contributed by atoms with Gasteiger partial charge >= 0.3 is 7.82 Å². The monoisotopic (exact) mass is 560 g/mol. The van der Waals surface area contributed by atoms with E-state index in [1.165, 1.54) is 0 Å². The maximum atomic E-state index is 12.7. The fraction of sp³-hybridized carbons (Fsp3) is 1.00. The van der Waals surface area contributed by atoms with Gasteiger partial charge in [0.25, 0.3) is 0 Å². The van der Waals surface area contributed by atoms with Crippen molar-refractivity contribution in [2.24, 2.45) is 0 Å². The Balaban J connectivity index is 4.95. The zero-order valence-corrected chi connectivity index (χ0v) is 18.2. The van der Waals surface area contributed by atoms with Crippen molar-refractivity contribution < 1.29 is 18.1 Å². The second-order valence-corrected chi connectivity index (χ2v) is 7.95. The molecule has 0 aliphatic heterocycles. The minimum absolute atomic E-state index is 0.141. The Morgan fingerprint density at radius 3 is 1.15 bits per heavy atom. The van der Waals surface area contributed by atoms with Crippen molar-refractivity contribution in [1.82, 2.24) is 0 Å². The SMILES string of the molecule is O=P(OC(CCl)CBr)(OC(CCl)CBr)OC(CCl)CBr. The minimum Gasteiger partial charge on any atom is -0.281 e. The zero-order chi connectivity index (χ0) is 15.6. The molecular weight excluding hydrogens is 549 g/mol. The Morgan fingerprint density at radius 1 is 0.750 bits per heavy atom. The number of alkyl halides is 6.